The number of benzene rings is 1. The van der Waals surface area contributed by atoms with E-state index in [1.807, 2.05) is 0 Å². The van der Waals surface area contributed by atoms with E-state index in [-0.39, 0.29) is 18.1 Å². The third kappa shape index (κ3) is 3.99. The molecule has 0 unspecified atom stereocenters. The van der Waals surface area contributed by atoms with Crippen molar-refractivity contribution in [2.75, 3.05) is 5.32 Å². The van der Waals surface area contributed by atoms with Crippen molar-refractivity contribution < 1.29 is 19.1 Å². The highest BCUT2D eigenvalue weighted by molar-refractivity contribution is 7.09. The number of carbonyl (C=O) groups is 2. The van der Waals surface area contributed by atoms with Crippen molar-refractivity contribution in [3.8, 4) is 0 Å². The lowest BCUT2D eigenvalue weighted by molar-refractivity contribution is 0.0691. The zero-order chi connectivity index (χ0) is 15.4. The first-order valence-corrected chi connectivity index (χ1v) is 6.82. The third-order valence-corrected chi connectivity index (χ3v) is 3.44. The van der Waals surface area contributed by atoms with E-state index in [0.29, 0.717) is 16.3 Å². The minimum atomic E-state index is -1.11. The smallest absolute Gasteiger partial charge is 0.355 e. The first-order valence-electron chi connectivity index (χ1n) is 5.94. The molecule has 2 aromatic rings. The molecule has 0 fully saturated rings. The lowest BCUT2D eigenvalue weighted by Gasteiger charge is -2.07. The monoisotopic (exact) mass is 309 g/mol. The Morgan fingerprint density at radius 3 is 2.81 bits per heavy atom. The quantitative estimate of drug-likeness (QED) is 0.809. The van der Waals surface area contributed by atoms with Crippen LogP contribution < -0.4 is 10.6 Å². The predicted octanol–water partition coefficient (Wildman–Crippen LogP) is 2.61. The Hall–Kier alpha value is -2.48. The highest BCUT2D eigenvalue weighted by atomic mass is 32.1. The van der Waals surface area contributed by atoms with E-state index < -0.39 is 12.0 Å². The molecule has 6 nitrogen and oxygen atoms in total. The molecule has 0 bridgehead atoms. The Bertz CT molecular complexity index is 687. The molecule has 110 valence electrons. The van der Waals surface area contributed by atoms with Crippen LogP contribution in [0.25, 0.3) is 0 Å². The molecule has 0 saturated carbocycles. The number of hydrogen-bond donors (Lipinski definition) is 3. The van der Waals surface area contributed by atoms with E-state index in [9.17, 15) is 14.0 Å². The van der Waals surface area contributed by atoms with Crippen molar-refractivity contribution in [3.63, 3.8) is 0 Å². The van der Waals surface area contributed by atoms with Gasteiger partial charge in [-0.15, -0.1) is 11.3 Å². The Kier molecular flexibility index (Phi) is 4.49. The zero-order valence-electron chi connectivity index (χ0n) is 11.0. The van der Waals surface area contributed by atoms with E-state index >= 15 is 0 Å². The summed E-state index contributed by atoms with van der Waals surface area (Å²) in [5.74, 6) is -1.45. The van der Waals surface area contributed by atoms with Gasteiger partial charge in [0.2, 0.25) is 0 Å². The van der Waals surface area contributed by atoms with Crippen LogP contribution in [0.15, 0.2) is 23.6 Å². The zero-order valence-corrected chi connectivity index (χ0v) is 11.8. The maximum Gasteiger partial charge on any atom is 0.355 e. The molecule has 0 spiro atoms. The van der Waals surface area contributed by atoms with Gasteiger partial charge in [-0.1, -0.05) is 0 Å². The molecule has 0 aliphatic heterocycles. The number of nitrogens with one attached hydrogen (secondary N) is 2. The van der Waals surface area contributed by atoms with E-state index in [0.717, 1.165) is 11.3 Å². The lowest BCUT2D eigenvalue weighted by atomic mass is 10.2. The number of hydrogen-bond acceptors (Lipinski definition) is 4. The number of aromatic carboxylic acids is 1. The van der Waals surface area contributed by atoms with Crippen LogP contribution >= 0.6 is 11.3 Å². The summed E-state index contributed by atoms with van der Waals surface area (Å²) in [4.78, 5) is 26.2. The van der Waals surface area contributed by atoms with Crippen LogP contribution in [-0.4, -0.2) is 22.1 Å². The van der Waals surface area contributed by atoms with Crippen molar-refractivity contribution in [2.24, 2.45) is 0 Å². The van der Waals surface area contributed by atoms with Crippen LogP contribution in [0, 0.1) is 12.7 Å². The van der Waals surface area contributed by atoms with Crippen LogP contribution in [0.3, 0.4) is 0 Å². The summed E-state index contributed by atoms with van der Waals surface area (Å²) in [6.45, 7) is 1.71. The Morgan fingerprint density at radius 2 is 2.19 bits per heavy atom. The van der Waals surface area contributed by atoms with Crippen LogP contribution in [0.2, 0.25) is 0 Å². The number of carbonyl (C=O) groups excluding carboxylic acids is 1. The van der Waals surface area contributed by atoms with Crippen LogP contribution in [0.4, 0.5) is 14.9 Å². The van der Waals surface area contributed by atoms with Gasteiger partial charge in [0.15, 0.2) is 5.69 Å². The maximum absolute atomic E-state index is 13.1. The van der Waals surface area contributed by atoms with Crippen molar-refractivity contribution in [1.82, 2.24) is 10.3 Å². The first-order chi connectivity index (χ1) is 9.95. The number of carboxylic acid groups (broad SMARTS) is 1. The molecule has 0 radical (unpaired) electrons. The van der Waals surface area contributed by atoms with Gasteiger partial charge in [0, 0.05) is 11.1 Å². The van der Waals surface area contributed by atoms with Crippen LogP contribution in [0.5, 0.6) is 0 Å². The van der Waals surface area contributed by atoms with Crippen LogP contribution in [-0.2, 0) is 6.54 Å². The minimum Gasteiger partial charge on any atom is -0.476 e. The summed E-state index contributed by atoms with van der Waals surface area (Å²) in [5, 5.41) is 15.7. The molecule has 2 rings (SSSR count). The Labute approximate surface area is 123 Å². The number of halogens is 1. The SMILES string of the molecule is Cc1cc(NC(=O)NCc2nc(C(=O)O)cs2)ccc1F. The summed E-state index contributed by atoms with van der Waals surface area (Å²) in [7, 11) is 0. The summed E-state index contributed by atoms with van der Waals surface area (Å²) in [6.07, 6.45) is 0. The summed E-state index contributed by atoms with van der Waals surface area (Å²) in [5.41, 5.74) is 0.849. The number of carboxylic acids is 1. The molecule has 1 aromatic carbocycles. The number of rotatable bonds is 4. The molecule has 8 heteroatoms. The largest absolute Gasteiger partial charge is 0.476 e. The summed E-state index contributed by atoms with van der Waals surface area (Å²) < 4.78 is 13.1. The molecular formula is C13H12FN3O3S. The van der Waals surface area contributed by atoms with E-state index in [1.165, 1.54) is 23.6 Å². The van der Waals surface area contributed by atoms with Gasteiger partial charge >= 0.3 is 12.0 Å². The van der Waals surface area contributed by atoms with Gasteiger partial charge in [-0.3, -0.25) is 0 Å². The van der Waals surface area contributed by atoms with E-state index in [1.54, 1.807) is 6.92 Å². The van der Waals surface area contributed by atoms with Crippen molar-refractivity contribution >= 4 is 29.0 Å². The standard InChI is InChI=1S/C13H12FN3O3S/c1-7-4-8(2-3-9(7)14)16-13(20)15-5-11-17-10(6-21-11)12(18)19/h2-4,6H,5H2,1H3,(H,18,19)(H2,15,16,20). The Morgan fingerprint density at radius 1 is 1.43 bits per heavy atom. The molecule has 0 aliphatic rings. The lowest BCUT2D eigenvalue weighted by Crippen LogP contribution is -2.28. The second kappa shape index (κ2) is 6.31. The van der Waals surface area contributed by atoms with Crippen molar-refractivity contribution in [3.05, 3.63) is 45.7 Å². The number of aromatic nitrogens is 1. The molecule has 1 aromatic heterocycles. The number of thiazole rings is 1. The average Bonchev–Trinajstić information content (AvgIpc) is 2.90. The van der Waals surface area contributed by atoms with Gasteiger partial charge in [0.1, 0.15) is 10.8 Å². The fourth-order valence-electron chi connectivity index (χ4n) is 1.54. The molecule has 0 atom stereocenters. The predicted molar refractivity (Wildman–Crippen MR) is 76.1 cm³/mol. The van der Waals surface area contributed by atoms with Gasteiger partial charge < -0.3 is 15.7 Å². The van der Waals surface area contributed by atoms with Gasteiger partial charge in [0.25, 0.3) is 0 Å². The number of aryl methyl sites for hydroxylation is 1. The second-order valence-corrected chi connectivity index (χ2v) is 5.15. The first kappa shape index (κ1) is 14.9. The maximum atomic E-state index is 13.1. The van der Waals surface area contributed by atoms with Crippen LogP contribution in [0.1, 0.15) is 21.1 Å². The molecule has 21 heavy (non-hydrogen) atoms. The van der Waals surface area contributed by atoms with Gasteiger partial charge in [-0.2, -0.15) is 0 Å². The van der Waals surface area contributed by atoms with E-state index in [4.69, 9.17) is 5.11 Å². The average molecular weight is 309 g/mol. The summed E-state index contributed by atoms with van der Waals surface area (Å²) in [6, 6.07) is 3.76. The molecule has 0 aliphatic carbocycles. The third-order valence-electron chi connectivity index (χ3n) is 2.59. The van der Waals surface area contributed by atoms with Gasteiger partial charge in [0.05, 0.1) is 6.54 Å². The van der Waals surface area contributed by atoms with Crippen molar-refractivity contribution in [1.29, 1.82) is 0 Å². The number of urea groups is 1. The molecule has 2 amide bonds. The highest BCUT2D eigenvalue weighted by Gasteiger charge is 2.09. The number of nitrogens with zero attached hydrogens (tertiary/aromatic N) is 1. The Balaban J connectivity index is 1.89. The second-order valence-electron chi connectivity index (χ2n) is 4.20. The number of anilines is 1. The molecule has 3 N–H and O–H groups in total. The summed E-state index contributed by atoms with van der Waals surface area (Å²) >= 11 is 1.15. The van der Waals surface area contributed by atoms with Crippen molar-refractivity contribution in [2.45, 2.75) is 13.5 Å². The topological polar surface area (TPSA) is 91.3 Å². The van der Waals surface area contributed by atoms with Gasteiger partial charge in [-0.05, 0) is 30.7 Å². The van der Waals surface area contributed by atoms with Gasteiger partial charge in [-0.25, -0.2) is 19.0 Å². The fraction of sp³-hybridized carbons (Fsp3) is 0.154. The normalized spacial score (nSPS) is 10.2. The van der Waals surface area contributed by atoms with E-state index in [2.05, 4.69) is 15.6 Å². The molecule has 1 heterocycles. The molecule has 0 saturated heterocycles. The highest BCUT2D eigenvalue weighted by Crippen LogP contribution is 2.13. The number of amides is 2. The molecular weight excluding hydrogens is 297 g/mol. The fourth-order valence-corrected chi connectivity index (χ4v) is 2.25. The minimum absolute atomic E-state index is 0.0497.